The molecule has 0 aromatic heterocycles. The molecular weight excluding hydrogens is 485 g/mol. The number of rotatable bonds is 5. The third-order valence-corrected chi connectivity index (χ3v) is 6.87. The molecule has 2 aliphatic rings. The average Bonchev–Trinajstić information content (AvgIpc) is 3.14. The summed E-state index contributed by atoms with van der Waals surface area (Å²) in [6.45, 7) is 2.00. The Bertz CT molecular complexity index is 1440. The number of fused-ring (bicyclic) bond motifs is 2. The lowest BCUT2D eigenvalue weighted by molar-refractivity contribution is -0.136. The zero-order valence-electron chi connectivity index (χ0n) is 19.0. The Balaban J connectivity index is 1.62. The summed E-state index contributed by atoms with van der Waals surface area (Å²) in [6, 6.07) is 20.0. The van der Waals surface area contributed by atoms with Crippen LogP contribution in [0.5, 0.6) is 5.75 Å². The summed E-state index contributed by atoms with van der Waals surface area (Å²) in [4.78, 5) is 26.6. The molecule has 0 amide bonds. The Kier molecular flexibility index (Phi) is 6.13. The van der Waals surface area contributed by atoms with Crippen molar-refractivity contribution in [2.24, 2.45) is 0 Å². The number of dihydropyridines is 1. The fourth-order valence-corrected chi connectivity index (χ4v) is 5.13. The third kappa shape index (κ3) is 4.01. The summed E-state index contributed by atoms with van der Waals surface area (Å²) in [5, 5.41) is 4.32. The van der Waals surface area contributed by atoms with E-state index in [1.165, 1.54) is 7.11 Å². The minimum Gasteiger partial charge on any atom is -0.489 e. The SMILES string of the molecule is COC(=O)C1=C(C)NC2=C(C(=O)c3ccccc32)[C@@H]1c1ccccc1OCc1ccc(Cl)cc1Cl. The van der Waals surface area contributed by atoms with Crippen molar-refractivity contribution in [2.45, 2.75) is 19.4 Å². The van der Waals surface area contributed by atoms with Gasteiger partial charge in [0.15, 0.2) is 5.78 Å². The Morgan fingerprint density at radius 3 is 2.46 bits per heavy atom. The molecule has 0 saturated carbocycles. The van der Waals surface area contributed by atoms with Gasteiger partial charge in [0.05, 0.1) is 24.3 Å². The van der Waals surface area contributed by atoms with Gasteiger partial charge in [-0.05, 0) is 25.1 Å². The van der Waals surface area contributed by atoms with Crippen molar-refractivity contribution in [1.82, 2.24) is 5.32 Å². The predicted molar refractivity (Wildman–Crippen MR) is 136 cm³/mol. The lowest BCUT2D eigenvalue weighted by Gasteiger charge is -2.30. The molecule has 3 aromatic carbocycles. The highest BCUT2D eigenvalue weighted by Crippen LogP contribution is 2.48. The Morgan fingerprint density at radius 1 is 1.00 bits per heavy atom. The molecule has 1 aliphatic heterocycles. The molecular formula is C28H21Cl2NO4. The van der Waals surface area contributed by atoms with E-state index in [-0.39, 0.29) is 12.4 Å². The van der Waals surface area contributed by atoms with Crippen LogP contribution in [0.25, 0.3) is 5.70 Å². The smallest absolute Gasteiger partial charge is 0.336 e. The topological polar surface area (TPSA) is 64.6 Å². The highest BCUT2D eigenvalue weighted by Gasteiger charge is 2.43. The first kappa shape index (κ1) is 23.2. The molecule has 0 fully saturated rings. The van der Waals surface area contributed by atoms with E-state index in [1.807, 2.05) is 49.4 Å². The van der Waals surface area contributed by atoms with Crippen LogP contribution in [0.15, 0.2) is 83.6 Å². The summed E-state index contributed by atoms with van der Waals surface area (Å²) in [5.74, 6) is -0.769. The van der Waals surface area contributed by atoms with Crippen molar-refractivity contribution >= 4 is 40.7 Å². The van der Waals surface area contributed by atoms with Crippen LogP contribution >= 0.6 is 23.2 Å². The van der Waals surface area contributed by atoms with E-state index in [0.717, 1.165) is 11.1 Å². The molecule has 0 spiro atoms. The molecule has 0 unspecified atom stereocenters. The average molecular weight is 506 g/mol. The second-order valence-corrected chi connectivity index (χ2v) is 9.16. The number of carbonyl (C=O) groups excluding carboxylic acids is 2. The largest absolute Gasteiger partial charge is 0.489 e. The van der Waals surface area contributed by atoms with E-state index >= 15 is 0 Å². The lowest BCUT2D eigenvalue weighted by atomic mass is 9.79. The third-order valence-electron chi connectivity index (χ3n) is 6.28. The van der Waals surface area contributed by atoms with Crippen LogP contribution in [0.3, 0.4) is 0 Å². The minimum absolute atomic E-state index is 0.127. The van der Waals surface area contributed by atoms with Crippen LogP contribution in [-0.4, -0.2) is 18.9 Å². The van der Waals surface area contributed by atoms with E-state index in [4.69, 9.17) is 32.7 Å². The first-order valence-corrected chi connectivity index (χ1v) is 11.8. The molecule has 1 aliphatic carbocycles. The maximum Gasteiger partial charge on any atom is 0.336 e. The predicted octanol–water partition coefficient (Wildman–Crippen LogP) is 6.31. The number of esters is 1. The van der Waals surface area contributed by atoms with Crippen LogP contribution in [0.2, 0.25) is 10.0 Å². The molecule has 1 N–H and O–H groups in total. The standard InChI is InChI=1S/C28H21Cl2NO4/c1-15-23(28(33)34-2)24(25-26(31-15)18-7-3-4-8-19(18)27(25)32)20-9-5-6-10-22(20)35-14-16-11-12-17(29)13-21(16)30/h3-13,24,31H,14H2,1-2H3/t24-/m1/s1. The van der Waals surface area contributed by atoms with Gasteiger partial charge in [-0.3, -0.25) is 4.79 Å². The number of carbonyl (C=O) groups is 2. The zero-order chi connectivity index (χ0) is 24.7. The molecule has 1 heterocycles. The highest BCUT2D eigenvalue weighted by atomic mass is 35.5. The molecule has 7 heteroatoms. The van der Waals surface area contributed by atoms with Crippen molar-refractivity contribution in [3.8, 4) is 5.75 Å². The van der Waals surface area contributed by atoms with Crippen LogP contribution in [-0.2, 0) is 16.1 Å². The number of methoxy groups -OCH3 is 1. The van der Waals surface area contributed by atoms with Gasteiger partial charge in [-0.25, -0.2) is 4.79 Å². The summed E-state index contributed by atoms with van der Waals surface area (Å²) in [5.41, 5.74) is 5.06. The van der Waals surface area contributed by atoms with Gasteiger partial charge in [0.25, 0.3) is 0 Å². The van der Waals surface area contributed by atoms with Gasteiger partial charge in [0, 0.05) is 43.6 Å². The number of halogens is 2. The second-order valence-electron chi connectivity index (χ2n) is 8.31. The lowest BCUT2D eigenvalue weighted by Crippen LogP contribution is -2.29. The monoisotopic (exact) mass is 505 g/mol. The summed E-state index contributed by atoms with van der Waals surface area (Å²) in [7, 11) is 1.33. The first-order valence-electron chi connectivity index (χ1n) is 11.0. The van der Waals surface area contributed by atoms with Gasteiger partial charge < -0.3 is 14.8 Å². The maximum absolute atomic E-state index is 13.6. The molecule has 1 atom stereocenters. The molecule has 0 radical (unpaired) electrons. The highest BCUT2D eigenvalue weighted by molar-refractivity contribution is 6.35. The first-order chi connectivity index (χ1) is 16.9. The number of allylic oxidation sites excluding steroid dienone is 2. The number of ketones is 1. The van der Waals surface area contributed by atoms with Gasteiger partial charge in [0.1, 0.15) is 12.4 Å². The summed E-state index contributed by atoms with van der Waals surface area (Å²) < 4.78 is 11.3. The number of hydrogen-bond acceptors (Lipinski definition) is 5. The fourth-order valence-electron chi connectivity index (χ4n) is 4.67. The van der Waals surface area contributed by atoms with Crippen molar-refractivity contribution in [2.75, 3.05) is 7.11 Å². The number of ether oxygens (including phenoxy) is 2. The number of para-hydroxylation sites is 1. The van der Waals surface area contributed by atoms with E-state index < -0.39 is 11.9 Å². The number of benzene rings is 3. The van der Waals surface area contributed by atoms with Crippen LogP contribution in [0, 0.1) is 0 Å². The van der Waals surface area contributed by atoms with Gasteiger partial charge in [-0.1, -0.05) is 71.7 Å². The maximum atomic E-state index is 13.6. The van der Waals surface area contributed by atoms with Crippen molar-refractivity contribution in [1.29, 1.82) is 0 Å². The zero-order valence-corrected chi connectivity index (χ0v) is 20.5. The quantitative estimate of drug-likeness (QED) is 0.411. The number of nitrogens with one attached hydrogen (secondary N) is 1. The van der Waals surface area contributed by atoms with Gasteiger partial charge in [0.2, 0.25) is 0 Å². The Hall–Kier alpha value is -3.54. The van der Waals surface area contributed by atoms with Crippen LogP contribution in [0.1, 0.15) is 39.9 Å². The Morgan fingerprint density at radius 2 is 1.71 bits per heavy atom. The molecule has 5 nitrogen and oxygen atoms in total. The van der Waals surface area contributed by atoms with Gasteiger partial charge in [-0.2, -0.15) is 0 Å². The molecule has 3 aromatic rings. The second kappa shape index (κ2) is 9.25. The van der Waals surface area contributed by atoms with E-state index in [1.54, 1.807) is 24.3 Å². The minimum atomic E-state index is -0.671. The Labute approximate surface area is 213 Å². The van der Waals surface area contributed by atoms with E-state index in [2.05, 4.69) is 5.32 Å². The molecule has 5 rings (SSSR count). The van der Waals surface area contributed by atoms with Gasteiger partial charge >= 0.3 is 5.97 Å². The normalized spacial score (nSPS) is 16.6. The molecule has 35 heavy (non-hydrogen) atoms. The number of Topliss-reactive ketones (excluding diaryl/α,β-unsaturated/α-hetero) is 1. The van der Waals surface area contributed by atoms with Crippen molar-refractivity contribution in [3.63, 3.8) is 0 Å². The summed E-state index contributed by atoms with van der Waals surface area (Å²) >= 11 is 12.4. The molecule has 0 saturated heterocycles. The van der Waals surface area contributed by atoms with E-state index in [9.17, 15) is 9.59 Å². The van der Waals surface area contributed by atoms with Crippen LogP contribution in [0.4, 0.5) is 0 Å². The van der Waals surface area contributed by atoms with E-state index in [0.29, 0.717) is 49.5 Å². The van der Waals surface area contributed by atoms with Gasteiger partial charge in [-0.15, -0.1) is 0 Å². The van der Waals surface area contributed by atoms with Crippen molar-refractivity contribution in [3.05, 3.63) is 116 Å². The van der Waals surface area contributed by atoms with Crippen LogP contribution < -0.4 is 10.1 Å². The molecule has 0 bridgehead atoms. The molecule has 176 valence electrons. The number of hydrogen-bond donors (Lipinski definition) is 1. The van der Waals surface area contributed by atoms with Crippen molar-refractivity contribution < 1.29 is 19.1 Å². The summed E-state index contributed by atoms with van der Waals surface area (Å²) in [6.07, 6.45) is 0. The fraction of sp³-hybridized carbons (Fsp3) is 0.143.